The number of aryl methyl sites for hydroxylation is 1. The van der Waals surface area contributed by atoms with Crippen molar-refractivity contribution in [2.45, 2.75) is 66.5 Å². The van der Waals surface area contributed by atoms with Crippen molar-refractivity contribution in [3.8, 4) is 0 Å². The van der Waals surface area contributed by atoms with Crippen molar-refractivity contribution in [3.05, 3.63) is 65.2 Å². The van der Waals surface area contributed by atoms with Gasteiger partial charge in [0.15, 0.2) is 0 Å². The summed E-state index contributed by atoms with van der Waals surface area (Å²) in [5.74, 6) is -0.332. The molecule has 8 heteroatoms. The number of anilines is 1. The van der Waals surface area contributed by atoms with Crippen molar-refractivity contribution in [1.82, 2.24) is 10.2 Å². The Morgan fingerprint density at radius 3 is 2.11 bits per heavy atom. The van der Waals surface area contributed by atoms with Gasteiger partial charge in [0, 0.05) is 13.1 Å². The number of benzene rings is 2. The van der Waals surface area contributed by atoms with Gasteiger partial charge in [-0.2, -0.15) is 0 Å². The number of para-hydroxylation sites is 1. The van der Waals surface area contributed by atoms with Crippen molar-refractivity contribution in [2.75, 3.05) is 23.7 Å². The van der Waals surface area contributed by atoms with Crippen LogP contribution in [0, 0.1) is 12.8 Å². The number of rotatable bonds is 12. The third-order valence-electron chi connectivity index (χ3n) is 6.05. The number of nitrogens with zero attached hydrogens (tertiary/aromatic N) is 2. The van der Waals surface area contributed by atoms with E-state index in [1.807, 2.05) is 77.9 Å². The van der Waals surface area contributed by atoms with Crippen LogP contribution >= 0.6 is 0 Å². The molecule has 2 aromatic carbocycles. The Bertz CT molecular complexity index is 1130. The normalized spacial score (nSPS) is 12.5. The number of nitrogens with one attached hydrogen (secondary N) is 1. The molecule has 0 saturated carbocycles. The van der Waals surface area contributed by atoms with Gasteiger partial charge in [-0.05, 0) is 42.4 Å². The zero-order valence-corrected chi connectivity index (χ0v) is 23.4. The van der Waals surface area contributed by atoms with E-state index in [9.17, 15) is 18.0 Å². The Morgan fingerprint density at radius 2 is 1.58 bits per heavy atom. The first kappa shape index (κ1) is 29.4. The van der Waals surface area contributed by atoms with E-state index in [2.05, 4.69) is 5.32 Å². The quantitative estimate of drug-likeness (QED) is 0.452. The van der Waals surface area contributed by atoms with Gasteiger partial charge in [-0.1, -0.05) is 82.6 Å². The molecule has 0 heterocycles. The Hall–Kier alpha value is -2.87. The molecule has 2 aromatic rings. The SMILES string of the molecule is CCC(C(=O)NCC(C)C)N(Cc1ccc(C)cc1)C(=O)CN(c1ccccc1C(C)C)S(C)(=O)=O. The molecule has 0 aliphatic carbocycles. The Labute approximate surface area is 216 Å². The van der Waals surface area contributed by atoms with Crippen LogP contribution < -0.4 is 9.62 Å². The molecule has 2 amide bonds. The van der Waals surface area contributed by atoms with Crippen LogP contribution in [-0.2, 0) is 26.2 Å². The first-order chi connectivity index (χ1) is 16.8. The second-order valence-electron chi connectivity index (χ2n) is 10.1. The molecule has 1 N–H and O–H groups in total. The monoisotopic (exact) mass is 515 g/mol. The van der Waals surface area contributed by atoms with Gasteiger partial charge in [-0.15, -0.1) is 0 Å². The third-order valence-corrected chi connectivity index (χ3v) is 7.18. The Kier molecular flexibility index (Phi) is 10.5. The molecule has 0 aromatic heterocycles. The summed E-state index contributed by atoms with van der Waals surface area (Å²) < 4.78 is 26.9. The summed E-state index contributed by atoms with van der Waals surface area (Å²) in [6.07, 6.45) is 1.51. The minimum atomic E-state index is -3.77. The van der Waals surface area contributed by atoms with Crippen molar-refractivity contribution < 1.29 is 18.0 Å². The van der Waals surface area contributed by atoms with Crippen LogP contribution in [-0.4, -0.2) is 50.5 Å². The van der Waals surface area contributed by atoms with Crippen LogP contribution in [0.25, 0.3) is 0 Å². The molecule has 0 spiro atoms. The summed E-state index contributed by atoms with van der Waals surface area (Å²) in [5, 5.41) is 2.94. The van der Waals surface area contributed by atoms with Gasteiger partial charge in [0.25, 0.3) is 0 Å². The zero-order chi connectivity index (χ0) is 27.0. The highest BCUT2D eigenvalue weighted by molar-refractivity contribution is 7.92. The molecule has 0 saturated heterocycles. The van der Waals surface area contributed by atoms with E-state index in [0.717, 1.165) is 27.3 Å². The average Bonchev–Trinajstić information content (AvgIpc) is 2.81. The van der Waals surface area contributed by atoms with Crippen LogP contribution in [0.2, 0.25) is 0 Å². The first-order valence-electron chi connectivity index (χ1n) is 12.5. The van der Waals surface area contributed by atoms with Gasteiger partial charge < -0.3 is 10.2 Å². The summed E-state index contributed by atoms with van der Waals surface area (Å²) in [7, 11) is -3.77. The van der Waals surface area contributed by atoms with E-state index in [4.69, 9.17) is 0 Å². The summed E-state index contributed by atoms with van der Waals surface area (Å²) in [4.78, 5) is 28.4. The molecule has 1 unspecified atom stereocenters. The predicted octanol–water partition coefficient (Wildman–Crippen LogP) is 4.46. The van der Waals surface area contributed by atoms with Gasteiger partial charge in [-0.3, -0.25) is 13.9 Å². The Balaban J connectivity index is 2.47. The van der Waals surface area contributed by atoms with E-state index in [1.165, 1.54) is 4.90 Å². The molecule has 1 atom stereocenters. The summed E-state index contributed by atoms with van der Waals surface area (Å²) in [6.45, 7) is 12.1. The van der Waals surface area contributed by atoms with E-state index < -0.39 is 22.0 Å². The Morgan fingerprint density at radius 1 is 0.972 bits per heavy atom. The largest absolute Gasteiger partial charge is 0.354 e. The fourth-order valence-electron chi connectivity index (χ4n) is 4.03. The molecule has 36 heavy (non-hydrogen) atoms. The fourth-order valence-corrected chi connectivity index (χ4v) is 4.90. The van der Waals surface area contributed by atoms with Gasteiger partial charge in [-0.25, -0.2) is 8.42 Å². The van der Waals surface area contributed by atoms with Gasteiger partial charge in [0.2, 0.25) is 21.8 Å². The molecule has 0 aliphatic heterocycles. The average molecular weight is 516 g/mol. The lowest BCUT2D eigenvalue weighted by Crippen LogP contribution is -2.52. The van der Waals surface area contributed by atoms with Crippen LogP contribution in [0.4, 0.5) is 5.69 Å². The first-order valence-corrected chi connectivity index (χ1v) is 14.4. The smallest absolute Gasteiger partial charge is 0.244 e. The molecule has 0 radical (unpaired) electrons. The van der Waals surface area contributed by atoms with Crippen LogP contribution in [0.15, 0.2) is 48.5 Å². The lowest BCUT2D eigenvalue weighted by molar-refractivity contribution is -0.140. The maximum Gasteiger partial charge on any atom is 0.244 e. The van der Waals surface area contributed by atoms with Crippen LogP contribution in [0.3, 0.4) is 0 Å². The molecule has 7 nitrogen and oxygen atoms in total. The molecule has 0 fully saturated rings. The highest BCUT2D eigenvalue weighted by Crippen LogP contribution is 2.29. The van der Waals surface area contributed by atoms with Crippen molar-refractivity contribution in [1.29, 1.82) is 0 Å². The fraction of sp³-hybridized carbons (Fsp3) is 0.500. The number of carbonyl (C=O) groups is 2. The lowest BCUT2D eigenvalue weighted by Gasteiger charge is -2.33. The van der Waals surface area contributed by atoms with Crippen LogP contribution in [0.1, 0.15) is 63.6 Å². The minimum absolute atomic E-state index is 0.0643. The van der Waals surface area contributed by atoms with E-state index in [-0.39, 0.29) is 30.8 Å². The highest BCUT2D eigenvalue weighted by atomic mass is 32.2. The van der Waals surface area contributed by atoms with Crippen LogP contribution in [0.5, 0.6) is 0 Å². The summed E-state index contributed by atoms with van der Waals surface area (Å²) in [5.41, 5.74) is 3.28. The zero-order valence-electron chi connectivity index (χ0n) is 22.6. The van der Waals surface area contributed by atoms with Gasteiger partial charge in [0.1, 0.15) is 12.6 Å². The number of hydrogen-bond acceptors (Lipinski definition) is 4. The lowest BCUT2D eigenvalue weighted by atomic mass is 10.0. The summed E-state index contributed by atoms with van der Waals surface area (Å²) in [6, 6.07) is 14.3. The second kappa shape index (κ2) is 12.9. The molecular weight excluding hydrogens is 474 g/mol. The van der Waals surface area contributed by atoms with Gasteiger partial charge in [0.05, 0.1) is 11.9 Å². The van der Waals surface area contributed by atoms with E-state index in [0.29, 0.717) is 18.7 Å². The number of hydrogen-bond donors (Lipinski definition) is 1. The second-order valence-corrected chi connectivity index (χ2v) is 12.0. The molecule has 0 bridgehead atoms. The third kappa shape index (κ3) is 8.08. The number of amides is 2. The minimum Gasteiger partial charge on any atom is -0.354 e. The predicted molar refractivity (Wildman–Crippen MR) is 146 cm³/mol. The number of carbonyl (C=O) groups excluding carboxylic acids is 2. The number of sulfonamides is 1. The molecule has 2 rings (SSSR count). The standard InChI is InChI=1S/C28H41N3O4S/c1-8-25(28(33)29-17-20(2)3)30(18-23-15-13-22(6)14-16-23)27(32)19-31(36(7,34)35)26-12-10-9-11-24(26)21(4)5/h9-16,20-21,25H,8,17-19H2,1-7H3,(H,29,33). The van der Waals surface area contributed by atoms with Crippen molar-refractivity contribution in [2.24, 2.45) is 5.92 Å². The maximum absolute atomic E-state index is 13.8. The molecule has 198 valence electrons. The summed E-state index contributed by atoms with van der Waals surface area (Å²) >= 11 is 0. The topological polar surface area (TPSA) is 86.8 Å². The van der Waals surface area contributed by atoms with Crippen molar-refractivity contribution in [3.63, 3.8) is 0 Å². The maximum atomic E-state index is 13.8. The van der Waals surface area contributed by atoms with E-state index >= 15 is 0 Å². The van der Waals surface area contributed by atoms with E-state index in [1.54, 1.807) is 12.1 Å². The van der Waals surface area contributed by atoms with Gasteiger partial charge >= 0.3 is 0 Å². The highest BCUT2D eigenvalue weighted by Gasteiger charge is 2.32. The molecular formula is C28H41N3O4S. The molecule has 0 aliphatic rings. The van der Waals surface area contributed by atoms with Crippen molar-refractivity contribution >= 4 is 27.5 Å².